The van der Waals surface area contributed by atoms with E-state index in [9.17, 15) is 19.8 Å². The molecule has 2 heterocycles. The van der Waals surface area contributed by atoms with Gasteiger partial charge in [0.1, 0.15) is 9.69 Å². The van der Waals surface area contributed by atoms with E-state index in [1.54, 1.807) is 6.92 Å². The fourth-order valence-corrected chi connectivity index (χ4v) is 5.86. The van der Waals surface area contributed by atoms with Crippen LogP contribution in [-0.2, 0) is 16.1 Å². The van der Waals surface area contributed by atoms with Crippen LogP contribution in [0, 0.1) is 5.92 Å². The first-order valence-corrected chi connectivity index (χ1v) is 10.6. The van der Waals surface area contributed by atoms with E-state index in [1.807, 2.05) is 42.3 Å². The molecule has 1 aromatic rings. The van der Waals surface area contributed by atoms with Crippen molar-refractivity contribution in [3.63, 3.8) is 0 Å². The number of thioether (sulfide) groups is 2. The van der Waals surface area contributed by atoms with Gasteiger partial charge in [0, 0.05) is 24.3 Å². The van der Waals surface area contributed by atoms with Crippen LogP contribution in [0.1, 0.15) is 12.5 Å². The van der Waals surface area contributed by atoms with Gasteiger partial charge in [-0.25, -0.2) is 0 Å². The van der Waals surface area contributed by atoms with Gasteiger partial charge >= 0.3 is 29.6 Å². The Morgan fingerprint density at radius 1 is 1.43 bits per heavy atom. The number of hydrogen-bond acceptors (Lipinski definition) is 7. The molecule has 1 N–H and O–H groups in total. The van der Waals surface area contributed by atoms with E-state index in [-0.39, 0.29) is 46.5 Å². The van der Waals surface area contributed by atoms with Crippen LogP contribution >= 0.6 is 35.7 Å². The number of fused-ring (bicyclic) bond motifs is 1. The van der Waals surface area contributed by atoms with E-state index in [0.717, 1.165) is 5.56 Å². The van der Waals surface area contributed by atoms with E-state index in [2.05, 4.69) is 0 Å². The zero-order valence-electron chi connectivity index (χ0n) is 15.8. The summed E-state index contributed by atoms with van der Waals surface area (Å²) >= 11 is 8.10. The minimum Gasteiger partial charge on any atom is -0.543 e. The molecule has 0 aliphatic carbocycles. The number of aliphatic carboxylic acids is 1. The molecule has 0 unspecified atom stereocenters. The van der Waals surface area contributed by atoms with Gasteiger partial charge in [-0.1, -0.05) is 54.3 Å². The number of carboxylic acid groups (broad SMARTS) is 1. The molecule has 2 aliphatic heterocycles. The quantitative estimate of drug-likeness (QED) is 0.306. The van der Waals surface area contributed by atoms with Crippen LogP contribution in [-0.4, -0.2) is 55.4 Å². The van der Waals surface area contributed by atoms with Crippen molar-refractivity contribution in [1.29, 1.82) is 0 Å². The molecule has 0 spiro atoms. The van der Waals surface area contributed by atoms with Crippen molar-refractivity contribution >= 4 is 51.9 Å². The van der Waals surface area contributed by atoms with Crippen LogP contribution in [0.3, 0.4) is 0 Å². The number of nitrogens with zero attached hydrogens (tertiary/aromatic N) is 2. The number of benzene rings is 1. The number of β-lactam (4-membered cyclic amide) rings is 1. The number of thiocarbonyl (C=S) groups is 1. The predicted molar refractivity (Wildman–Crippen MR) is 108 cm³/mol. The molecule has 1 amide bonds. The van der Waals surface area contributed by atoms with Gasteiger partial charge in [0.2, 0.25) is 5.91 Å². The van der Waals surface area contributed by atoms with Gasteiger partial charge in [0.05, 0.1) is 23.7 Å². The number of amides is 1. The van der Waals surface area contributed by atoms with Crippen molar-refractivity contribution in [2.24, 2.45) is 5.92 Å². The summed E-state index contributed by atoms with van der Waals surface area (Å²) in [5.74, 6) is -1.98. The van der Waals surface area contributed by atoms with Crippen LogP contribution in [0.4, 0.5) is 0 Å². The Bertz CT molecular complexity index is 803. The molecule has 10 heteroatoms. The van der Waals surface area contributed by atoms with Crippen molar-refractivity contribution in [2.75, 3.05) is 12.8 Å². The van der Waals surface area contributed by atoms with Gasteiger partial charge in [-0.2, -0.15) is 0 Å². The Hall–Kier alpha value is -0.550. The molecule has 1 saturated heterocycles. The van der Waals surface area contributed by atoms with Gasteiger partial charge in [-0.15, -0.1) is 11.8 Å². The molecule has 1 aromatic carbocycles. The second kappa shape index (κ2) is 9.97. The number of aliphatic hydroxyl groups excluding tert-OH is 1. The van der Waals surface area contributed by atoms with Gasteiger partial charge < -0.3 is 19.9 Å². The first-order valence-electron chi connectivity index (χ1n) is 8.35. The summed E-state index contributed by atoms with van der Waals surface area (Å²) in [5.41, 5.74) is 1.04. The third-order valence-corrected chi connectivity index (χ3v) is 7.67. The maximum atomic E-state index is 12.2. The number of aliphatic hydroxyl groups is 1. The maximum Gasteiger partial charge on any atom is 1.00 e. The van der Waals surface area contributed by atoms with E-state index in [0.29, 0.717) is 21.5 Å². The third-order valence-electron chi connectivity index (χ3n) is 4.47. The van der Waals surface area contributed by atoms with E-state index >= 15 is 0 Å². The number of hydrogen-bond donors (Lipinski definition) is 1. The molecule has 0 bridgehead atoms. The normalized spacial score (nSPS) is 21.5. The zero-order valence-corrected chi connectivity index (χ0v) is 20.3. The SMILES string of the molecule is C[C@@H](O)[C@H]1C(=O)N2C(C(=O)[O-])=C(CSC(=S)N(C)Cc3ccccc3)S[C@H]12.[Na+]. The van der Waals surface area contributed by atoms with Crippen LogP contribution < -0.4 is 34.7 Å². The van der Waals surface area contributed by atoms with Crippen molar-refractivity contribution in [1.82, 2.24) is 9.80 Å². The van der Waals surface area contributed by atoms with E-state index < -0.39 is 18.0 Å². The van der Waals surface area contributed by atoms with Gasteiger partial charge in [-0.3, -0.25) is 9.69 Å². The summed E-state index contributed by atoms with van der Waals surface area (Å²) in [6, 6.07) is 9.91. The monoisotopic (exact) mass is 446 g/mol. The van der Waals surface area contributed by atoms with Gasteiger partial charge in [0.25, 0.3) is 0 Å². The van der Waals surface area contributed by atoms with Crippen molar-refractivity contribution < 1.29 is 49.4 Å². The molecule has 0 saturated carbocycles. The summed E-state index contributed by atoms with van der Waals surface area (Å²) in [5, 5.41) is 20.9. The van der Waals surface area contributed by atoms with Crippen LogP contribution in [0.15, 0.2) is 40.9 Å². The van der Waals surface area contributed by atoms with Crippen molar-refractivity contribution in [3.8, 4) is 0 Å². The standard InChI is InChI=1S/C18H20N2O4S3.Na/c1-10(21)13-15(22)20-14(17(23)24)12(27-16(13)20)9-26-18(25)19(2)8-11-6-4-3-5-7-11;/h3-7,10,13,16,21H,8-9H2,1-2H3,(H,23,24);/q;+1/p-1/t10-,13+,16-;/m1./s1. The second-order valence-electron chi connectivity index (χ2n) is 6.44. The molecular weight excluding hydrogens is 427 g/mol. The van der Waals surface area contributed by atoms with Crippen LogP contribution in [0.25, 0.3) is 0 Å². The summed E-state index contributed by atoms with van der Waals surface area (Å²) in [6.45, 7) is 2.20. The average molecular weight is 447 g/mol. The Balaban J connectivity index is 0.00000280. The second-order valence-corrected chi connectivity index (χ2v) is 9.26. The smallest absolute Gasteiger partial charge is 0.543 e. The first-order chi connectivity index (χ1) is 12.8. The molecular formula is C18H19N2NaO4S3. The Morgan fingerprint density at radius 2 is 2.07 bits per heavy atom. The maximum absolute atomic E-state index is 12.2. The number of carbonyl (C=O) groups is 2. The van der Waals surface area contributed by atoms with Gasteiger partial charge in [0.15, 0.2) is 0 Å². The molecule has 28 heavy (non-hydrogen) atoms. The Labute approximate surface area is 200 Å². The Kier molecular flexibility index (Phi) is 8.45. The molecule has 2 aliphatic rings. The third kappa shape index (κ3) is 4.77. The number of carbonyl (C=O) groups excluding carboxylic acids is 2. The van der Waals surface area contributed by atoms with E-state index in [4.69, 9.17) is 12.2 Å². The van der Waals surface area contributed by atoms with Crippen molar-refractivity contribution in [2.45, 2.75) is 24.9 Å². The summed E-state index contributed by atoms with van der Waals surface area (Å²) in [4.78, 5) is 27.4. The van der Waals surface area contributed by atoms with Crippen LogP contribution in [0.2, 0.25) is 0 Å². The first kappa shape index (κ1) is 23.7. The molecule has 0 aromatic heterocycles. The summed E-state index contributed by atoms with van der Waals surface area (Å²) in [6.07, 6.45) is -0.820. The minimum atomic E-state index is -1.37. The molecule has 1 fully saturated rings. The van der Waals surface area contributed by atoms with Crippen LogP contribution in [0.5, 0.6) is 0 Å². The average Bonchev–Trinajstić information content (AvgIpc) is 2.94. The molecule has 144 valence electrons. The topological polar surface area (TPSA) is 83.9 Å². The van der Waals surface area contributed by atoms with E-state index in [1.165, 1.54) is 28.4 Å². The van der Waals surface area contributed by atoms with Gasteiger partial charge in [-0.05, 0) is 12.5 Å². The number of carboxylic acids is 1. The summed E-state index contributed by atoms with van der Waals surface area (Å²) < 4.78 is 0.636. The molecule has 0 radical (unpaired) electrons. The zero-order chi connectivity index (χ0) is 19.7. The molecule has 3 rings (SSSR count). The fourth-order valence-electron chi connectivity index (χ4n) is 3.10. The molecule has 3 atom stereocenters. The summed E-state index contributed by atoms with van der Waals surface area (Å²) in [7, 11) is 1.89. The largest absolute Gasteiger partial charge is 1.00 e. The minimum absolute atomic E-state index is 0. The van der Waals surface area contributed by atoms with Crippen molar-refractivity contribution in [3.05, 3.63) is 46.5 Å². The predicted octanol–water partition coefficient (Wildman–Crippen LogP) is -1.99. The number of rotatable bonds is 6. The Morgan fingerprint density at radius 3 is 2.64 bits per heavy atom. The fraction of sp³-hybridized carbons (Fsp3) is 0.389. The molecule has 6 nitrogen and oxygen atoms in total.